The molecule has 17 nitrogen and oxygen atoms in total. The minimum absolute atomic E-state index is 0.461. The lowest BCUT2D eigenvalue weighted by atomic mass is 10.0. The molecule has 0 radical (unpaired) electrons. The van der Waals surface area contributed by atoms with E-state index in [-0.39, 0.29) is 0 Å². The van der Waals surface area contributed by atoms with Crippen LogP contribution in [-0.4, -0.2) is 109 Å². The lowest BCUT2D eigenvalue weighted by Gasteiger charge is -2.08. The van der Waals surface area contributed by atoms with Crippen molar-refractivity contribution in [3.05, 3.63) is 235 Å². The molecule has 5 heterocycles. The van der Waals surface area contributed by atoms with Crippen molar-refractivity contribution in [2.24, 2.45) is 0 Å². The maximum absolute atomic E-state index is 5.78. The molecule has 11 aromatic rings. The Kier molecular flexibility index (Phi) is 47.7. The summed E-state index contributed by atoms with van der Waals surface area (Å²) in [5.41, 5.74) is 13.3. The van der Waals surface area contributed by atoms with Crippen LogP contribution in [0, 0.1) is 34.6 Å². The predicted octanol–water partition coefficient (Wildman–Crippen LogP) is 26.1. The van der Waals surface area contributed by atoms with Crippen LogP contribution in [0.2, 0.25) is 0 Å². The van der Waals surface area contributed by atoms with Crippen LogP contribution < -0.4 is 23.7 Å². The highest BCUT2D eigenvalue weighted by atomic mass is 16.5. The second kappa shape index (κ2) is 59.3. The van der Waals surface area contributed by atoms with E-state index in [9.17, 15) is 0 Å². The van der Waals surface area contributed by atoms with Gasteiger partial charge >= 0.3 is 0 Å². The number of unbranched alkanes of at least 4 members (excludes halogenated alkanes) is 21. The van der Waals surface area contributed by atoms with E-state index in [1.807, 2.05) is 124 Å². The second-order valence-electron chi connectivity index (χ2n) is 30.0. The molecule has 5 aromatic heterocycles. The number of benzene rings is 6. The smallest absolute Gasteiger partial charge is 0.159 e. The van der Waals surface area contributed by atoms with Crippen LogP contribution in [0.3, 0.4) is 0 Å². The van der Waals surface area contributed by atoms with Gasteiger partial charge in [0.1, 0.15) is 18.1 Å². The van der Waals surface area contributed by atoms with E-state index in [1.54, 1.807) is 37.2 Å². The third-order valence-corrected chi connectivity index (χ3v) is 19.4. The maximum Gasteiger partial charge on any atom is 0.159 e. The third-order valence-electron chi connectivity index (χ3n) is 19.4. The summed E-state index contributed by atoms with van der Waals surface area (Å²) in [4.78, 5) is 43.7. The average molecular weight is 1600 g/mol. The molecule has 0 aliphatic heterocycles. The molecule has 0 fully saturated rings. The molecule has 0 amide bonds. The first kappa shape index (κ1) is 94.8. The van der Waals surface area contributed by atoms with Crippen LogP contribution in [0.15, 0.2) is 208 Å². The Hall–Kier alpha value is -10.4. The SMILES string of the molecule is CCCCCCCCOc1ccc(-c2ncc(C)cn2)cc1.CCCCCCCCOc1ccc(-c2ncc(C)cn2)cc1.CCCCCCCCOc1cnc(-c2ccc(C)cc2)nc1.CCCCCCCCOc1cnc(-c2ccc(C)cc2)nc1.CCCCOCCOCCOc1cnc(-c2ccc(-c3ccc(C)cc3)cc2)nc1. The standard InChI is InChI=1S/C25H30N2O3.4C19H26N2O/c1-3-4-13-28-14-15-29-16-17-30-24-18-26-25(27-19-24)23-11-9-22(10-12-23)21-7-5-20(2)6-8-21;2*1-3-4-5-6-7-8-13-22-18-11-9-17(10-12-18)19-20-14-16(2)15-21-19;2*1-3-4-5-6-7-8-13-22-18-14-20-19(21-15-18)17-11-9-16(2)10-12-17/h5-12,18-19H,3-4,13-17H2,1-2H3;4*9-12,14-15H,3-8,13H2,1-2H3. The first-order valence-corrected chi connectivity index (χ1v) is 43.8. The van der Waals surface area contributed by atoms with E-state index >= 15 is 0 Å². The number of nitrogens with zero attached hydrogens (tertiary/aromatic N) is 10. The molecule has 6 aromatic carbocycles. The summed E-state index contributed by atoms with van der Waals surface area (Å²) in [6, 6.07) is 49.3. The number of aromatic nitrogens is 10. The largest absolute Gasteiger partial charge is 0.494 e. The molecule has 0 aliphatic carbocycles. The number of ether oxygens (including phenoxy) is 7. The van der Waals surface area contributed by atoms with Crippen molar-refractivity contribution in [3.8, 4) is 96.8 Å². The Labute approximate surface area is 706 Å². The lowest BCUT2D eigenvalue weighted by Crippen LogP contribution is -2.11. The van der Waals surface area contributed by atoms with Gasteiger partial charge in [0.15, 0.2) is 46.4 Å². The number of hydrogen-bond donors (Lipinski definition) is 0. The Morgan fingerprint density at radius 2 is 0.373 bits per heavy atom. The highest BCUT2D eigenvalue weighted by Gasteiger charge is 2.10. The third kappa shape index (κ3) is 39.7. The number of rotatable bonds is 48. The molecule has 0 unspecified atom stereocenters. The molecule has 0 bridgehead atoms. The van der Waals surface area contributed by atoms with Crippen LogP contribution >= 0.6 is 0 Å². The maximum atomic E-state index is 5.78. The average Bonchev–Trinajstić information content (AvgIpc) is 0.921. The fourth-order valence-corrected chi connectivity index (χ4v) is 12.1. The van der Waals surface area contributed by atoms with E-state index in [0.717, 1.165) is 157 Å². The van der Waals surface area contributed by atoms with E-state index in [0.29, 0.717) is 38.0 Å². The predicted molar refractivity (Wildman–Crippen MR) is 484 cm³/mol. The van der Waals surface area contributed by atoms with Crippen molar-refractivity contribution in [2.45, 2.75) is 236 Å². The van der Waals surface area contributed by atoms with Gasteiger partial charge in [-0.05, 0) is 138 Å². The molecular weight excluding hydrogens is 1470 g/mol. The topological polar surface area (TPSA) is 194 Å². The highest BCUT2D eigenvalue weighted by molar-refractivity contribution is 5.68. The van der Waals surface area contributed by atoms with Crippen molar-refractivity contribution in [1.29, 1.82) is 0 Å². The zero-order valence-electron chi connectivity index (χ0n) is 72.7. The molecule has 0 spiro atoms. The molecular formula is C101H134N10O7. The first-order chi connectivity index (χ1) is 57.9. The van der Waals surface area contributed by atoms with Crippen LogP contribution in [0.5, 0.6) is 28.7 Å². The number of aryl methyl sites for hydroxylation is 5. The summed E-state index contributed by atoms with van der Waals surface area (Å²) in [6.45, 7) is 27.4. The van der Waals surface area contributed by atoms with Gasteiger partial charge in [-0.15, -0.1) is 0 Å². The quantitative estimate of drug-likeness (QED) is 0.0327. The van der Waals surface area contributed by atoms with Gasteiger partial charge in [0, 0.05) is 59.2 Å². The van der Waals surface area contributed by atoms with Crippen molar-refractivity contribution in [3.63, 3.8) is 0 Å². The van der Waals surface area contributed by atoms with Crippen molar-refractivity contribution in [1.82, 2.24) is 49.8 Å². The Morgan fingerprint density at radius 3 is 0.661 bits per heavy atom. The van der Waals surface area contributed by atoms with Gasteiger partial charge < -0.3 is 33.2 Å². The normalized spacial score (nSPS) is 10.7. The minimum Gasteiger partial charge on any atom is -0.494 e. The highest BCUT2D eigenvalue weighted by Crippen LogP contribution is 2.27. The van der Waals surface area contributed by atoms with Crippen molar-refractivity contribution >= 4 is 0 Å². The van der Waals surface area contributed by atoms with Crippen molar-refractivity contribution in [2.75, 3.05) is 59.5 Å². The Morgan fingerprint density at radius 1 is 0.169 bits per heavy atom. The molecule has 630 valence electrons. The van der Waals surface area contributed by atoms with Crippen molar-refractivity contribution < 1.29 is 33.2 Å². The van der Waals surface area contributed by atoms with E-state index in [4.69, 9.17) is 33.2 Å². The van der Waals surface area contributed by atoms with Gasteiger partial charge in [-0.3, -0.25) is 0 Å². The Balaban J connectivity index is 0.000000205. The second-order valence-corrected chi connectivity index (χ2v) is 30.0. The fraction of sp³-hybridized carbons (Fsp3) is 0.446. The van der Waals surface area contributed by atoms with Gasteiger partial charge in [0.05, 0.1) is 83.4 Å². The van der Waals surface area contributed by atoms with E-state index in [1.165, 1.54) is 156 Å². The van der Waals surface area contributed by atoms with Crippen LogP contribution in [0.25, 0.3) is 68.1 Å². The summed E-state index contributed by atoms with van der Waals surface area (Å²) in [5, 5.41) is 0. The molecule has 0 aliphatic rings. The molecule has 0 atom stereocenters. The van der Waals surface area contributed by atoms with Crippen LogP contribution in [-0.2, 0) is 9.47 Å². The molecule has 0 saturated heterocycles. The molecule has 11 rings (SSSR count). The van der Waals surface area contributed by atoms with E-state index in [2.05, 4.69) is 166 Å². The minimum atomic E-state index is 0.461. The fourth-order valence-electron chi connectivity index (χ4n) is 12.1. The molecule has 0 N–H and O–H groups in total. The van der Waals surface area contributed by atoms with Gasteiger partial charge in [0.25, 0.3) is 0 Å². The summed E-state index contributed by atoms with van der Waals surface area (Å²) in [6.07, 6.45) is 50.7. The van der Waals surface area contributed by atoms with Gasteiger partial charge in [-0.2, -0.15) is 0 Å². The summed E-state index contributed by atoms with van der Waals surface area (Å²) >= 11 is 0. The van der Waals surface area contributed by atoms with Gasteiger partial charge in [0.2, 0.25) is 0 Å². The zero-order chi connectivity index (χ0) is 83.5. The Bertz CT molecular complexity index is 3880. The summed E-state index contributed by atoms with van der Waals surface area (Å²) in [7, 11) is 0. The lowest BCUT2D eigenvalue weighted by molar-refractivity contribution is 0.0355. The summed E-state index contributed by atoms with van der Waals surface area (Å²) < 4.78 is 39.5. The zero-order valence-corrected chi connectivity index (χ0v) is 72.7. The molecule has 0 saturated carbocycles. The van der Waals surface area contributed by atoms with E-state index < -0.39 is 0 Å². The molecule has 118 heavy (non-hydrogen) atoms. The monoisotopic (exact) mass is 1600 g/mol. The molecule has 17 heteroatoms. The van der Waals surface area contributed by atoms with Gasteiger partial charge in [-0.1, -0.05) is 283 Å². The number of hydrogen-bond acceptors (Lipinski definition) is 17. The van der Waals surface area contributed by atoms with Crippen LogP contribution in [0.1, 0.15) is 229 Å². The van der Waals surface area contributed by atoms with Crippen LogP contribution in [0.4, 0.5) is 0 Å². The first-order valence-electron chi connectivity index (χ1n) is 43.8. The van der Waals surface area contributed by atoms with Gasteiger partial charge in [-0.25, -0.2) is 49.8 Å². The summed E-state index contributed by atoms with van der Waals surface area (Å²) in [5.74, 6) is 7.67.